The molecule has 9 heteroatoms. The molecule has 0 amide bonds. The zero-order valence-corrected chi connectivity index (χ0v) is 14.5. The Morgan fingerprint density at radius 1 is 1.54 bits per heavy atom. The average molecular weight is 348 g/mol. The number of methoxy groups -OCH3 is 1. The maximum absolute atomic E-state index is 15.2. The first-order valence-corrected chi connectivity index (χ1v) is 7.35. The number of ether oxygens (including phenoxy) is 2. The van der Waals surface area contributed by atoms with Crippen molar-refractivity contribution in [2.24, 2.45) is 0 Å². The van der Waals surface area contributed by atoms with E-state index in [0.717, 1.165) is 13.1 Å². The number of rotatable bonds is 4. The van der Waals surface area contributed by atoms with Crippen LogP contribution < -0.4 is 11.0 Å². The number of hydrogen-bond acceptors (Lipinski definition) is 6. The molecule has 24 heavy (non-hydrogen) atoms. The molecule has 3 atom stereocenters. The summed E-state index contributed by atoms with van der Waals surface area (Å²) in [6.07, 6.45) is -2.24. The number of anilines is 1. The molecule has 0 radical (unpaired) electrons. The highest BCUT2D eigenvalue weighted by molar-refractivity contribution is 5.30. The fourth-order valence-corrected chi connectivity index (χ4v) is 2.67. The van der Waals surface area contributed by atoms with Gasteiger partial charge in [-0.3, -0.25) is 4.57 Å². The van der Waals surface area contributed by atoms with Gasteiger partial charge < -0.3 is 19.9 Å². The summed E-state index contributed by atoms with van der Waals surface area (Å²) in [7, 11) is 2.79. The number of aliphatic hydroxyl groups is 1. The van der Waals surface area contributed by atoms with Crippen LogP contribution in [0.4, 0.5) is 14.6 Å². The molecule has 2 heterocycles. The van der Waals surface area contributed by atoms with Crippen molar-refractivity contribution in [3.63, 3.8) is 0 Å². The van der Waals surface area contributed by atoms with Gasteiger partial charge in [0.05, 0.1) is 6.97 Å². The lowest BCUT2D eigenvalue weighted by atomic mass is 9.73. The van der Waals surface area contributed by atoms with Crippen LogP contribution in [-0.2, 0) is 9.47 Å². The molecule has 0 spiro atoms. The van der Waals surface area contributed by atoms with Crippen molar-refractivity contribution in [2.75, 3.05) is 19.5 Å². The molecule has 1 fully saturated rings. The van der Waals surface area contributed by atoms with Crippen LogP contribution >= 0.6 is 0 Å². The van der Waals surface area contributed by atoms with E-state index in [1.807, 2.05) is 0 Å². The molecule has 1 aliphatic rings. The lowest BCUT2D eigenvalue weighted by Gasteiger charge is -2.46. The molecule has 2 N–H and O–H groups in total. The summed E-state index contributed by atoms with van der Waals surface area (Å²) < 4.78 is 49.6. The van der Waals surface area contributed by atoms with Crippen LogP contribution in [0.2, 0.25) is 0 Å². The third-order valence-electron chi connectivity index (χ3n) is 5.05. The van der Waals surface area contributed by atoms with Crippen LogP contribution in [0.3, 0.4) is 0 Å². The summed E-state index contributed by atoms with van der Waals surface area (Å²) in [6.45, 7) is 4.99. The van der Waals surface area contributed by atoms with Crippen molar-refractivity contribution in [3.05, 3.63) is 22.7 Å². The Bertz CT molecular complexity index is 740. The van der Waals surface area contributed by atoms with Gasteiger partial charge >= 0.3 is 11.6 Å². The van der Waals surface area contributed by atoms with Gasteiger partial charge in [0.1, 0.15) is 11.4 Å². The van der Waals surface area contributed by atoms with Crippen LogP contribution in [0.1, 0.15) is 35.3 Å². The van der Waals surface area contributed by atoms with Gasteiger partial charge in [0.15, 0.2) is 5.60 Å². The Labute approximate surface area is 140 Å². The maximum Gasteiger partial charge on any atom is 0.351 e. The summed E-state index contributed by atoms with van der Waals surface area (Å²) in [4.78, 5) is 15.8. The van der Waals surface area contributed by atoms with Crippen LogP contribution in [0, 0.1) is 0 Å². The van der Waals surface area contributed by atoms with E-state index in [1.54, 1.807) is 0 Å². The highest BCUT2D eigenvalue weighted by atomic mass is 19.3. The van der Waals surface area contributed by atoms with Crippen molar-refractivity contribution in [1.82, 2.24) is 9.55 Å². The molecule has 0 saturated carbocycles. The highest BCUT2D eigenvalue weighted by Gasteiger charge is 2.76. The monoisotopic (exact) mass is 348 g/mol. The van der Waals surface area contributed by atoms with Crippen molar-refractivity contribution in [3.8, 4) is 0 Å². The molecule has 1 aromatic heterocycles. The van der Waals surface area contributed by atoms with E-state index in [4.69, 9.17) is 10.8 Å². The molecule has 1 saturated heterocycles. The molecule has 7 nitrogen and oxygen atoms in total. The predicted molar refractivity (Wildman–Crippen MR) is 83.2 cm³/mol. The van der Waals surface area contributed by atoms with E-state index in [2.05, 4.69) is 10.3 Å². The van der Waals surface area contributed by atoms with Crippen LogP contribution in [-0.4, -0.2) is 51.5 Å². The number of nitrogens with zero attached hydrogens (tertiary/aromatic N) is 2. The summed E-state index contributed by atoms with van der Waals surface area (Å²) in [6, 6.07) is 1.25. The average Bonchev–Trinajstić information content (AvgIpc) is 2.63. The molecule has 2 rings (SSSR count). The Morgan fingerprint density at radius 3 is 2.58 bits per heavy atom. The molecule has 0 unspecified atom stereocenters. The molecule has 0 bridgehead atoms. The SMILES string of the molecule is [2H][C@@]1(n2ccc(NC)nc2=O)O[C@](C)(C(C)(C)OC)[C@@](C)(O)C1(F)F. The predicted octanol–water partition coefficient (Wildman–Crippen LogP) is 1.38. The third-order valence-corrected chi connectivity index (χ3v) is 5.05. The van der Waals surface area contributed by atoms with Crippen molar-refractivity contribution in [2.45, 2.75) is 56.6 Å². The molecular weight excluding hydrogens is 324 g/mol. The van der Waals surface area contributed by atoms with Crippen molar-refractivity contribution >= 4 is 5.82 Å². The fraction of sp³-hybridized carbons (Fsp3) is 0.733. The van der Waals surface area contributed by atoms with Gasteiger partial charge in [0.25, 0.3) is 0 Å². The van der Waals surface area contributed by atoms with Crippen LogP contribution in [0.15, 0.2) is 17.1 Å². The molecule has 1 aliphatic heterocycles. The van der Waals surface area contributed by atoms with Gasteiger partial charge in [-0.05, 0) is 33.8 Å². The number of halogens is 2. The zero-order valence-electron chi connectivity index (χ0n) is 15.5. The van der Waals surface area contributed by atoms with E-state index in [1.165, 1.54) is 41.0 Å². The standard InChI is InChI=1S/C15H23F2N3O4/c1-12(2,23-6)14(4)13(3,22)15(16,17)10(24-14)20-8-7-9(18-5)19-11(20)21/h7-8,10,22H,1-6H3,(H,18,19,21)/t10-,13-,14-/m1/s1/i10D. The summed E-state index contributed by atoms with van der Waals surface area (Å²) >= 11 is 0. The topological polar surface area (TPSA) is 85.6 Å². The van der Waals surface area contributed by atoms with Crippen LogP contribution in [0.25, 0.3) is 0 Å². The quantitative estimate of drug-likeness (QED) is 0.855. The van der Waals surface area contributed by atoms with E-state index in [0.29, 0.717) is 4.57 Å². The van der Waals surface area contributed by atoms with Crippen molar-refractivity contribution in [1.29, 1.82) is 0 Å². The first-order valence-electron chi connectivity index (χ1n) is 7.85. The Balaban J connectivity index is 2.73. The number of nitrogens with one attached hydrogen (secondary N) is 1. The minimum atomic E-state index is -4.16. The van der Waals surface area contributed by atoms with E-state index >= 15 is 8.78 Å². The molecule has 136 valence electrons. The largest absolute Gasteiger partial charge is 0.381 e. The molecule has 0 aromatic carbocycles. The maximum atomic E-state index is 15.2. The first kappa shape index (κ1) is 17.2. The van der Waals surface area contributed by atoms with Gasteiger partial charge in [0, 0.05) is 20.4 Å². The van der Waals surface area contributed by atoms with Crippen molar-refractivity contribution < 1.29 is 24.7 Å². The Hall–Kier alpha value is -1.58. The van der Waals surface area contributed by atoms with E-state index in [-0.39, 0.29) is 5.82 Å². The Morgan fingerprint density at radius 2 is 2.12 bits per heavy atom. The second-order valence-electron chi connectivity index (χ2n) is 6.52. The number of alkyl halides is 2. The summed E-state index contributed by atoms with van der Waals surface area (Å²) in [5.74, 6) is -4.00. The first-order chi connectivity index (χ1) is 11.2. The third kappa shape index (κ3) is 2.26. The second-order valence-corrected chi connectivity index (χ2v) is 6.52. The zero-order chi connectivity index (χ0) is 19.5. The Kier molecular flexibility index (Phi) is 3.93. The molecular formula is C15H23F2N3O4. The lowest BCUT2D eigenvalue weighted by molar-refractivity contribution is -0.235. The van der Waals surface area contributed by atoms with Gasteiger partial charge in [0.2, 0.25) is 6.20 Å². The minimum absolute atomic E-state index is 0.151. The van der Waals surface area contributed by atoms with Gasteiger partial charge in [-0.2, -0.15) is 13.8 Å². The van der Waals surface area contributed by atoms with Gasteiger partial charge in [-0.25, -0.2) is 4.79 Å². The van der Waals surface area contributed by atoms with Gasteiger partial charge in [-0.1, -0.05) is 0 Å². The minimum Gasteiger partial charge on any atom is -0.381 e. The summed E-state index contributed by atoms with van der Waals surface area (Å²) in [5, 5.41) is 13.3. The fourth-order valence-electron chi connectivity index (χ4n) is 2.67. The summed E-state index contributed by atoms with van der Waals surface area (Å²) in [5.41, 5.74) is -7.34. The smallest absolute Gasteiger partial charge is 0.351 e. The normalized spacial score (nSPS) is 36.5. The molecule has 1 aromatic rings. The second kappa shape index (κ2) is 5.47. The molecule has 0 aliphatic carbocycles. The number of aromatic nitrogens is 2. The van der Waals surface area contributed by atoms with Crippen LogP contribution in [0.5, 0.6) is 0 Å². The van der Waals surface area contributed by atoms with Gasteiger partial charge in [-0.15, -0.1) is 0 Å². The van der Waals surface area contributed by atoms with E-state index in [9.17, 15) is 9.90 Å². The highest BCUT2D eigenvalue weighted by Crippen LogP contribution is 2.58. The number of hydrogen-bond donors (Lipinski definition) is 2. The van der Waals surface area contributed by atoms with E-state index < -0.39 is 34.6 Å². The lowest BCUT2D eigenvalue weighted by Crippen LogP contribution is -2.65.